The Morgan fingerprint density at radius 1 is 1.83 bits per heavy atom. The topological polar surface area (TPSA) is 32.3 Å². The van der Waals surface area contributed by atoms with Crippen molar-refractivity contribution < 1.29 is 4.79 Å². The molecule has 0 spiro atoms. The van der Waals surface area contributed by atoms with Crippen LogP contribution >= 0.6 is 0 Å². The summed E-state index contributed by atoms with van der Waals surface area (Å²) in [5.74, 6) is 0. The zero-order chi connectivity index (χ0) is 8.97. The highest BCUT2D eigenvalue weighted by atomic mass is 16.2. The normalized spacial score (nSPS) is 20.1. The van der Waals surface area contributed by atoms with Gasteiger partial charge in [-0.2, -0.15) is 0 Å². The minimum Gasteiger partial charge on any atom is -0.338 e. The minimum absolute atomic E-state index is 0.0654. The molecule has 1 aliphatic heterocycles. The van der Waals surface area contributed by atoms with E-state index in [4.69, 9.17) is 0 Å². The molecule has 2 amide bonds. The molecule has 1 N–H and O–H groups in total. The van der Waals surface area contributed by atoms with E-state index in [2.05, 4.69) is 11.9 Å². The van der Waals surface area contributed by atoms with Crippen LogP contribution in [-0.2, 0) is 0 Å². The van der Waals surface area contributed by atoms with E-state index in [0.717, 1.165) is 25.9 Å². The fourth-order valence-corrected chi connectivity index (χ4v) is 1.44. The van der Waals surface area contributed by atoms with Crippen LogP contribution in [0.15, 0.2) is 12.7 Å². The number of carbonyl (C=O) groups excluding carboxylic acids is 1. The molecule has 0 radical (unpaired) electrons. The number of hydrogen-bond donors (Lipinski definition) is 1. The Labute approximate surface area is 73.4 Å². The molecule has 0 saturated carbocycles. The number of urea groups is 1. The maximum absolute atomic E-state index is 11.3. The lowest BCUT2D eigenvalue weighted by atomic mass is 10.2. The van der Waals surface area contributed by atoms with Gasteiger partial charge in [0.15, 0.2) is 0 Å². The van der Waals surface area contributed by atoms with Crippen LogP contribution in [0.1, 0.15) is 19.8 Å². The lowest BCUT2D eigenvalue weighted by molar-refractivity contribution is 0.166. The van der Waals surface area contributed by atoms with Crippen LogP contribution in [0.2, 0.25) is 0 Å². The molecular formula is C9H16N2O. The molecule has 1 rings (SSSR count). The van der Waals surface area contributed by atoms with E-state index in [1.807, 2.05) is 17.9 Å². The van der Waals surface area contributed by atoms with Gasteiger partial charge in [-0.1, -0.05) is 6.08 Å². The smallest absolute Gasteiger partial charge is 0.317 e. The van der Waals surface area contributed by atoms with Crippen molar-refractivity contribution in [1.29, 1.82) is 0 Å². The molecule has 1 atom stereocenters. The van der Waals surface area contributed by atoms with Crippen molar-refractivity contribution in [3.05, 3.63) is 12.7 Å². The van der Waals surface area contributed by atoms with E-state index in [-0.39, 0.29) is 12.1 Å². The third-order valence-electron chi connectivity index (χ3n) is 2.15. The number of nitrogens with zero attached hydrogens (tertiary/aromatic N) is 1. The minimum atomic E-state index is 0.0654. The van der Waals surface area contributed by atoms with Crippen molar-refractivity contribution in [1.82, 2.24) is 10.2 Å². The maximum atomic E-state index is 11.3. The standard InChI is InChI=1S/C9H16N2O/c1-3-5-8(2)11-7-4-6-10-9(11)12/h3,8H,1,4-7H2,2H3,(H,10,12). The molecule has 0 aliphatic carbocycles. The Morgan fingerprint density at radius 3 is 3.17 bits per heavy atom. The SMILES string of the molecule is C=CCC(C)N1CCCNC1=O. The van der Waals surface area contributed by atoms with Gasteiger partial charge in [-0.05, 0) is 19.8 Å². The number of rotatable bonds is 3. The monoisotopic (exact) mass is 168 g/mol. The van der Waals surface area contributed by atoms with E-state index in [1.54, 1.807) is 0 Å². The Bertz CT molecular complexity index is 179. The number of nitrogens with one attached hydrogen (secondary N) is 1. The predicted molar refractivity (Wildman–Crippen MR) is 49.0 cm³/mol. The van der Waals surface area contributed by atoms with E-state index in [1.165, 1.54) is 0 Å². The lowest BCUT2D eigenvalue weighted by Gasteiger charge is -2.32. The zero-order valence-electron chi connectivity index (χ0n) is 7.55. The largest absolute Gasteiger partial charge is 0.338 e. The first-order valence-corrected chi connectivity index (χ1v) is 4.41. The van der Waals surface area contributed by atoms with Crippen LogP contribution in [0.25, 0.3) is 0 Å². The Hall–Kier alpha value is -0.990. The third-order valence-corrected chi connectivity index (χ3v) is 2.15. The summed E-state index contributed by atoms with van der Waals surface area (Å²) in [6.45, 7) is 7.40. The van der Waals surface area contributed by atoms with Crippen molar-refractivity contribution in [2.75, 3.05) is 13.1 Å². The van der Waals surface area contributed by atoms with Crippen LogP contribution in [0.5, 0.6) is 0 Å². The highest BCUT2D eigenvalue weighted by molar-refractivity contribution is 5.75. The fourth-order valence-electron chi connectivity index (χ4n) is 1.44. The van der Waals surface area contributed by atoms with Gasteiger partial charge in [-0.15, -0.1) is 6.58 Å². The molecule has 0 aromatic carbocycles. The summed E-state index contributed by atoms with van der Waals surface area (Å²) in [5.41, 5.74) is 0. The van der Waals surface area contributed by atoms with Gasteiger partial charge in [0.1, 0.15) is 0 Å². The summed E-state index contributed by atoms with van der Waals surface area (Å²) < 4.78 is 0. The van der Waals surface area contributed by atoms with Crippen LogP contribution in [0.3, 0.4) is 0 Å². The van der Waals surface area contributed by atoms with E-state index in [9.17, 15) is 4.79 Å². The van der Waals surface area contributed by atoms with Crippen LogP contribution in [0, 0.1) is 0 Å². The first-order chi connectivity index (χ1) is 5.75. The Kier molecular flexibility index (Phi) is 3.14. The molecule has 3 heteroatoms. The number of hydrogen-bond acceptors (Lipinski definition) is 1. The van der Waals surface area contributed by atoms with Gasteiger partial charge in [0, 0.05) is 19.1 Å². The van der Waals surface area contributed by atoms with Crippen molar-refractivity contribution in [2.24, 2.45) is 0 Å². The molecule has 3 nitrogen and oxygen atoms in total. The number of amides is 2. The molecule has 12 heavy (non-hydrogen) atoms. The predicted octanol–water partition coefficient (Wildman–Crippen LogP) is 1.37. The summed E-state index contributed by atoms with van der Waals surface area (Å²) in [4.78, 5) is 13.2. The van der Waals surface area contributed by atoms with Gasteiger partial charge in [-0.25, -0.2) is 4.79 Å². The lowest BCUT2D eigenvalue weighted by Crippen LogP contribution is -2.50. The Balaban J connectivity index is 2.47. The summed E-state index contributed by atoms with van der Waals surface area (Å²) in [5, 5.41) is 2.82. The first-order valence-electron chi connectivity index (χ1n) is 4.41. The molecule has 68 valence electrons. The van der Waals surface area contributed by atoms with E-state index < -0.39 is 0 Å². The maximum Gasteiger partial charge on any atom is 0.317 e. The summed E-state index contributed by atoms with van der Waals surface area (Å²) in [6.07, 6.45) is 3.77. The quantitative estimate of drug-likeness (QED) is 0.634. The van der Waals surface area contributed by atoms with Gasteiger partial charge >= 0.3 is 6.03 Å². The van der Waals surface area contributed by atoms with Crippen LogP contribution < -0.4 is 5.32 Å². The Morgan fingerprint density at radius 2 is 2.58 bits per heavy atom. The molecule has 1 saturated heterocycles. The summed E-state index contributed by atoms with van der Waals surface area (Å²) in [6, 6.07) is 0.346. The average Bonchev–Trinajstić information content (AvgIpc) is 2.05. The molecule has 1 aliphatic rings. The molecule has 1 heterocycles. The number of carbonyl (C=O) groups is 1. The van der Waals surface area contributed by atoms with Gasteiger partial charge in [0.2, 0.25) is 0 Å². The second-order valence-corrected chi connectivity index (χ2v) is 3.15. The summed E-state index contributed by atoms with van der Waals surface area (Å²) >= 11 is 0. The average molecular weight is 168 g/mol. The molecule has 0 aromatic rings. The van der Waals surface area contributed by atoms with Crippen LogP contribution in [-0.4, -0.2) is 30.1 Å². The molecule has 1 unspecified atom stereocenters. The highest BCUT2D eigenvalue weighted by Gasteiger charge is 2.21. The van der Waals surface area contributed by atoms with Crippen molar-refractivity contribution in [3.8, 4) is 0 Å². The first kappa shape index (κ1) is 9.10. The van der Waals surface area contributed by atoms with Gasteiger partial charge in [0.05, 0.1) is 0 Å². The highest BCUT2D eigenvalue weighted by Crippen LogP contribution is 2.08. The van der Waals surface area contributed by atoms with Gasteiger partial charge in [-0.3, -0.25) is 0 Å². The van der Waals surface area contributed by atoms with E-state index in [0.29, 0.717) is 0 Å². The molecule has 0 bridgehead atoms. The fraction of sp³-hybridized carbons (Fsp3) is 0.667. The zero-order valence-corrected chi connectivity index (χ0v) is 7.55. The summed E-state index contributed by atoms with van der Waals surface area (Å²) in [7, 11) is 0. The third kappa shape index (κ3) is 2.00. The van der Waals surface area contributed by atoms with Crippen molar-refractivity contribution in [2.45, 2.75) is 25.8 Å². The second-order valence-electron chi connectivity index (χ2n) is 3.15. The second kappa shape index (κ2) is 4.14. The van der Waals surface area contributed by atoms with Crippen molar-refractivity contribution >= 4 is 6.03 Å². The molecule has 0 aromatic heterocycles. The van der Waals surface area contributed by atoms with E-state index >= 15 is 0 Å². The van der Waals surface area contributed by atoms with Gasteiger partial charge < -0.3 is 10.2 Å². The molecular weight excluding hydrogens is 152 g/mol. The van der Waals surface area contributed by atoms with Crippen LogP contribution in [0.4, 0.5) is 4.79 Å². The molecule has 1 fully saturated rings. The van der Waals surface area contributed by atoms with Gasteiger partial charge in [0.25, 0.3) is 0 Å². The van der Waals surface area contributed by atoms with Crippen molar-refractivity contribution in [3.63, 3.8) is 0 Å².